The van der Waals surface area contributed by atoms with Crippen LogP contribution < -0.4 is 10.6 Å². The molecule has 1 aromatic rings. The van der Waals surface area contributed by atoms with Crippen molar-refractivity contribution in [2.75, 3.05) is 19.7 Å². The van der Waals surface area contributed by atoms with E-state index >= 15 is 0 Å². The topological polar surface area (TPSA) is 114 Å². The van der Waals surface area contributed by atoms with Crippen molar-refractivity contribution in [2.45, 2.75) is 85.9 Å². The molecule has 0 aliphatic carbocycles. The zero-order chi connectivity index (χ0) is 29.0. The highest BCUT2D eigenvalue weighted by Crippen LogP contribution is 2.28. The molecular formula is C29H45N3O6. The SMILES string of the molecule is C=CCN(C(=O)C(CC(C)C)NC(=O)OC(C)(C)C)C(C(=O)NCCC(=O)OCC)c1cccc(C)c1C. The van der Waals surface area contributed by atoms with Gasteiger partial charge in [-0.05, 0) is 70.6 Å². The Morgan fingerprint density at radius 2 is 1.79 bits per heavy atom. The van der Waals surface area contributed by atoms with Gasteiger partial charge in [0.15, 0.2) is 0 Å². The number of ether oxygens (including phenoxy) is 2. The summed E-state index contributed by atoms with van der Waals surface area (Å²) in [6.07, 6.45) is 1.18. The normalized spacial score (nSPS) is 12.8. The van der Waals surface area contributed by atoms with E-state index in [2.05, 4.69) is 17.2 Å². The summed E-state index contributed by atoms with van der Waals surface area (Å²) in [4.78, 5) is 53.5. The van der Waals surface area contributed by atoms with E-state index in [1.165, 1.54) is 4.90 Å². The molecule has 0 radical (unpaired) electrons. The van der Waals surface area contributed by atoms with E-state index < -0.39 is 41.6 Å². The van der Waals surface area contributed by atoms with E-state index in [4.69, 9.17) is 9.47 Å². The van der Waals surface area contributed by atoms with Gasteiger partial charge >= 0.3 is 12.1 Å². The van der Waals surface area contributed by atoms with Gasteiger partial charge in [0.2, 0.25) is 11.8 Å². The molecule has 0 saturated carbocycles. The summed E-state index contributed by atoms with van der Waals surface area (Å²) >= 11 is 0. The molecule has 2 atom stereocenters. The van der Waals surface area contributed by atoms with Crippen LogP contribution in [0.1, 0.15) is 77.1 Å². The molecule has 0 heterocycles. The summed E-state index contributed by atoms with van der Waals surface area (Å²) in [5.74, 6) is -1.23. The highest BCUT2D eigenvalue weighted by atomic mass is 16.6. The van der Waals surface area contributed by atoms with Crippen molar-refractivity contribution in [2.24, 2.45) is 5.92 Å². The van der Waals surface area contributed by atoms with Gasteiger partial charge in [-0.3, -0.25) is 14.4 Å². The lowest BCUT2D eigenvalue weighted by Crippen LogP contribution is -2.53. The Bertz CT molecular complexity index is 983. The number of nitrogens with zero attached hydrogens (tertiary/aromatic N) is 1. The second-order valence-corrected chi connectivity index (χ2v) is 10.6. The van der Waals surface area contributed by atoms with Crippen molar-refractivity contribution >= 4 is 23.9 Å². The molecule has 0 saturated heterocycles. The van der Waals surface area contributed by atoms with Crippen molar-refractivity contribution in [1.82, 2.24) is 15.5 Å². The predicted molar refractivity (Wildman–Crippen MR) is 147 cm³/mol. The molecule has 0 spiro atoms. The van der Waals surface area contributed by atoms with Gasteiger partial charge in [0.1, 0.15) is 17.7 Å². The fourth-order valence-corrected chi connectivity index (χ4v) is 3.94. The van der Waals surface area contributed by atoms with Crippen molar-refractivity contribution in [3.05, 3.63) is 47.5 Å². The first-order chi connectivity index (χ1) is 17.7. The maximum Gasteiger partial charge on any atom is 0.408 e. The van der Waals surface area contributed by atoms with Gasteiger partial charge in [-0.1, -0.05) is 38.1 Å². The summed E-state index contributed by atoms with van der Waals surface area (Å²) in [6, 6.07) is 3.62. The number of rotatable bonds is 13. The lowest BCUT2D eigenvalue weighted by Gasteiger charge is -2.35. The fourth-order valence-electron chi connectivity index (χ4n) is 3.94. The average Bonchev–Trinajstić information content (AvgIpc) is 2.79. The third kappa shape index (κ3) is 10.6. The summed E-state index contributed by atoms with van der Waals surface area (Å²) in [7, 11) is 0. The molecule has 1 rings (SSSR count). The van der Waals surface area contributed by atoms with E-state index in [0.717, 1.165) is 11.1 Å². The zero-order valence-corrected chi connectivity index (χ0v) is 24.2. The van der Waals surface area contributed by atoms with E-state index in [-0.39, 0.29) is 32.0 Å². The molecule has 2 unspecified atom stereocenters. The Hall–Kier alpha value is -3.36. The number of carbonyl (C=O) groups excluding carboxylic acids is 4. The van der Waals surface area contributed by atoms with Crippen LogP contribution in [0.15, 0.2) is 30.9 Å². The van der Waals surface area contributed by atoms with Crippen LogP contribution >= 0.6 is 0 Å². The Morgan fingerprint density at radius 1 is 1.13 bits per heavy atom. The second-order valence-electron chi connectivity index (χ2n) is 10.6. The molecule has 3 amide bonds. The van der Waals surface area contributed by atoms with Gasteiger partial charge in [0.05, 0.1) is 13.0 Å². The Labute approximate surface area is 227 Å². The first-order valence-corrected chi connectivity index (χ1v) is 13.1. The minimum absolute atomic E-state index is 0.00464. The van der Waals surface area contributed by atoms with Gasteiger partial charge < -0.3 is 25.0 Å². The highest BCUT2D eigenvalue weighted by molar-refractivity contribution is 5.92. The van der Waals surface area contributed by atoms with Gasteiger partial charge in [0.25, 0.3) is 0 Å². The molecule has 0 bridgehead atoms. The number of benzene rings is 1. The molecule has 2 N–H and O–H groups in total. The van der Waals surface area contributed by atoms with Crippen LogP contribution in [0.5, 0.6) is 0 Å². The number of amides is 3. The van der Waals surface area contributed by atoms with Crippen molar-refractivity contribution in [3.8, 4) is 0 Å². The van der Waals surface area contributed by atoms with Crippen LogP contribution in [0, 0.1) is 19.8 Å². The second kappa shape index (κ2) is 15.1. The molecule has 1 aromatic carbocycles. The quantitative estimate of drug-likeness (QED) is 0.289. The van der Waals surface area contributed by atoms with Crippen LogP contribution in [0.25, 0.3) is 0 Å². The fraction of sp³-hybridized carbons (Fsp3) is 0.586. The van der Waals surface area contributed by atoms with Crippen molar-refractivity contribution < 1.29 is 28.7 Å². The lowest BCUT2D eigenvalue weighted by atomic mass is 9.94. The summed E-state index contributed by atoms with van der Waals surface area (Å²) in [6.45, 7) is 18.8. The van der Waals surface area contributed by atoms with Crippen LogP contribution in [0.3, 0.4) is 0 Å². The highest BCUT2D eigenvalue weighted by Gasteiger charge is 2.36. The first-order valence-electron chi connectivity index (χ1n) is 13.1. The molecule has 9 nitrogen and oxygen atoms in total. The number of hydrogen-bond acceptors (Lipinski definition) is 6. The molecule has 0 fully saturated rings. The van der Waals surface area contributed by atoms with Crippen molar-refractivity contribution in [1.29, 1.82) is 0 Å². The lowest BCUT2D eigenvalue weighted by molar-refractivity contribution is -0.144. The van der Waals surface area contributed by atoms with Gasteiger partial charge in [-0.2, -0.15) is 0 Å². The van der Waals surface area contributed by atoms with E-state index in [9.17, 15) is 19.2 Å². The summed E-state index contributed by atoms with van der Waals surface area (Å²) < 4.78 is 10.3. The van der Waals surface area contributed by atoms with Gasteiger partial charge in [-0.25, -0.2) is 4.79 Å². The smallest absolute Gasteiger partial charge is 0.408 e. The number of nitrogens with one attached hydrogen (secondary N) is 2. The minimum Gasteiger partial charge on any atom is -0.466 e. The number of alkyl carbamates (subject to hydrolysis) is 1. The number of hydrogen-bond donors (Lipinski definition) is 2. The Balaban J connectivity index is 3.44. The van der Waals surface area contributed by atoms with Crippen LogP contribution in [0.2, 0.25) is 0 Å². The zero-order valence-electron chi connectivity index (χ0n) is 24.2. The number of carbonyl (C=O) groups is 4. The molecule has 0 aromatic heterocycles. The van der Waals surface area contributed by atoms with Crippen LogP contribution in [-0.2, 0) is 23.9 Å². The molecule has 212 valence electrons. The largest absolute Gasteiger partial charge is 0.466 e. The maximum absolute atomic E-state index is 14.0. The van der Waals surface area contributed by atoms with Crippen LogP contribution in [0.4, 0.5) is 4.79 Å². The minimum atomic E-state index is -1.02. The standard InChI is InChI=1S/C29H45N3O6/c1-10-17-32(27(35)23(18-19(3)4)31-28(36)38-29(7,8)9)25(22-14-12-13-20(5)21(22)6)26(34)30-16-15-24(33)37-11-2/h10,12-14,19,23,25H,1,11,15-18H2,2-9H3,(H,30,34)(H,31,36). The maximum atomic E-state index is 14.0. The first kappa shape index (κ1) is 32.7. The Morgan fingerprint density at radius 3 is 2.34 bits per heavy atom. The van der Waals surface area contributed by atoms with Crippen molar-refractivity contribution in [3.63, 3.8) is 0 Å². The molecule has 38 heavy (non-hydrogen) atoms. The Kier molecular flexibility index (Phi) is 13.0. The van der Waals surface area contributed by atoms with Crippen LogP contribution in [-0.4, -0.2) is 60.1 Å². The predicted octanol–water partition coefficient (Wildman–Crippen LogP) is 4.37. The molecule has 0 aliphatic rings. The average molecular weight is 532 g/mol. The van der Waals surface area contributed by atoms with E-state index in [1.807, 2.05) is 39.8 Å². The third-order valence-corrected chi connectivity index (χ3v) is 5.74. The monoisotopic (exact) mass is 531 g/mol. The van der Waals surface area contributed by atoms with E-state index in [1.54, 1.807) is 39.8 Å². The molecular weight excluding hydrogens is 486 g/mol. The summed E-state index contributed by atoms with van der Waals surface area (Å²) in [5.41, 5.74) is 1.73. The molecule has 0 aliphatic heterocycles. The van der Waals surface area contributed by atoms with Gasteiger partial charge in [-0.15, -0.1) is 6.58 Å². The third-order valence-electron chi connectivity index (χ3n) is 5.74. The number of esters is 1. The van der Waals surface area contributed by atoms with E-state index in [0.29, 0.717) is 12.0 Å². The van der Waals surface area contributed by atoms with Gasteiger partial charge in [0, 0.05) is 13.1 Å². The molecule has 9 heteroatoms. The number of aryl methyl sites for hydroxylation is 1. The summed E-state index contributed by atoms with van der Waals surface area (Å²) in [5, 5.41) is 5.49.